The van der Waals surface area contributed by atoms with Crippen LogP contribution in [0.5, 0.6) is 0 Å². The Morgan fingerprint density at radius 3 is 2.62 bits per heavy atom. The number of rotatable bonds is 3. The molecule has 0 aromatic heterocycles. The number of hydrogen-bond donors (Lipinski definition) is 1. The highest BCUT2D eigenvalue weighted by atomic mass is 32.2. The van der Waals surface area contributed by atoms with Gasteiger partial charge in [0.05, 0.1) is 12.0 Å². The fraction of sp³-hybridized carbons (Fsp3) is 0.500. The molecule has 0 saturated carbocycles. The Kier molecular flexibility index (Phi) is 5.24. The number of amides is 2. The van der Waals surface area contributed by atoms with E-state index in [1.54, 1.807) is 18.2 Å². The van der Waals surface area contributed by atoms with Gasteiger partial charge in [0.15, 0.2) is 0 Å². The molecule has 26 heavy (non-hydrogen) atoms. The average molecular weight is 377 g/mol. The van der Waals surface area contributed by atoms with Crippen molar-refractivity contribution in [3.8, 4) is 0 Å². The van der Waals surface area contributed by atoms with Crippen molar-refractivity contribution in [2.24, 2.45) is 16.8 Å². The third kappa shape index (κ3) is 4.02. The highest BCUT2D eigenvalue weighted by molar-refractivity contribution is 7.88. The number of allylic oxidation sites excluding steroid dienone is 3. The molecule has 2 aliphatic heterocycles. The van der Waals surface area contributed by atoms with Crippen LogP contribution in [0.4, 0.5) is 0 Å². The van der Waals surface area contributed by atoms with Crippen LogP contribution in [0.1, 0.15) is 26.2 Å². The maximum atomic E-state index is 12.5. The van der Waals surface area contributed by atoms with E-state index in [9.17, 15) is 18.0 Å². The van der Waals surface area contributed by atoms with Crippen LogP contribution in [0.25, 0.3) is 0 Å². The lowest BCUT2D eigenvalue weighted by molar-refractivity contribution is -0.122. The van der Waals surface area contributed by atoms with Crippen molar-refractivity contribution < 1.29 is 18.0 Å². The van der Waals surface area contributed by atoms with Crippen molar-refractivity contribution >= 4 is 27.5 Å². The fourth-order valence-corrected chi connectivity index (χ4v) is 4.39. The maximum absolute atomic E-state index is 12.5. The van der Waals surface area contributed by atoms with Crippen molar-refractivity contribution in [1.82, 2.24) is 9.62 Å². The second-order valence-corrected chi connectivity index (χ2v) is 8.79. The van der Waals surface area contributed by atoms with Crippen LogP contribution in [0.3, 0.4) is 0 Å². The number of aliphatic imine (C=N–C) groups is 1. The van der Waals surface area contributed by atoms with Gasteiger partial charge in [-0.2, -0.15) is 0 Å². The van der Waals surface area contributed by atoms with Gasteiger partial charge in [0.2, 0.25) is 21.8 Å². The quantitative estimate of drug-likeness (QED) is 0.798. The molecule has 1 saturated heterocycles. The second-order valence-electron chi connectivity index (χ2n) is 6.81. The smallest absolute Gasteiger partial charge is 0.249 e. The van der Waals surface area contributed by atoms with Gasteiger partial charge in [-0.05, 0) is 31.4 Å². The van der Waals surface area contributed by atoms with E-state index in [2.05, 4.69) is 10.3 Å². The molecule has 8 heteroatoms. The molecule has 1 N–H and O–H groups in total. The lowest BCUT2D eigenvalue weighted by atomic mass is 9.86. The standard InChI is InChI=1S/C18H23N3O4S/c1-3-12-10-17(22)20-16-11-14(4-5-15(12)16)19-18(23)13-6-8-21(9-7-13)26(2,24)25/h4-5,10-11,13,15H,3,6-9H2,1-2H3,(H,20,22). The van der Waals surface area contributed by atoms with E-state index in [-0.39, 0.29) is 23.7 Å². The lowest BCUT2D eigenvalue weighted by Gasteiger charge is -2.29. The molecule has 3 rings (SSSR count). The SMILES string of the molecule is CCC1=CC(=O)NC2=CC(=NC(=O)C3CCN(S(C)(=O)=O)CC3)C=CC12. The Hall–Kier alpha value is -2.06. The zero-order chi connectivity index (χ0) is 18.9. The van der Waals surface area contributed by atoms with Crippen LogP contribution in [-0.4, -0.2) is 49.6 Å². The minimum atomic E-state index is -3.21. The first-order chi connectivity index (χ1) is 12.3. The Morgan fingerprint density at radius 1 is 1.31 bits per heavy atom. The topological polar surface area (TPSA) is 95.9 Å². The van der Waals surface area contributed by atoms with Gasteiger partial charge in [-0.3, -0.25) is 9.59 Å². The molecular formula is C18H23N3O4S. The summed E-state index contributed by atoms with van der Waals surface area (Å²) < 4.78 is 24.5. The Morgan fingerprint density at radius 2 is 2.00 bits per heavy atom. The fourth-order valence-electron chi connectivity index (χ4n) is 3.51. The van der Waals surface area contributed by atoms with Crippen molar-refractivity contribution in [3.63, 3.8) is 0 Å². The molecule has 0 radical (unpaired) electrons. The van der Waals surface area contributed by atoms with E-state index in [0.717, 1.165) is 17.7 Å². The minimum absolute atomic E-state index is 0.0322. The molecular weight excluding hydrogens is 354 g/mol. The molecule has 2 amide bonds. The van der Waals surface area contributed by atoms with Crippen LogP contribution < -0.4 is 5.32 Å². The van der Waals surface area contributed by atoms with Crippen LogP contribution in [0, 0.1) is 11.8 Å². The molecule has 1 atom stereocenters. The van der Waals surface area contributed by atoms with Crippen molar-refractivity contribution in [2.75, 3.05) is 19.3 Å². The van der Waals surface area contributed by atoms with Crippen LogP contribution in [0.15, 0.2) is 40.6 Å². The summed E-state index contributed by atoms with van der Waals surface area (Å²) in [5.41, 5.74) is 2.30. The minimum Gasteiger partial charge on any atom is -0.325 e. The zero-order valence-electron chi connectivity index (χ0n) is 14.9. The van der Waals surface area contributed by atoms with Crippen molar-refractivity contribution in [3.05, 3.63) is 35.6 Å². The van der Waals surface area contributed by atoms with Crippen molar-refractivity contribution in [2.45, 2.75) is 26.2 Å². The Balaban J connectivity index is 1.69. The number of carbonyl (C=O) groups excluding carboxylic acids is 2. The summed E-state index contributed by atoms with van der Waals surface area (Å²) in [6.45, 7) is 2.70. The van der Waals surface area contributed by atoms with E-state index in [0.29, 0.717) is 31.6 Å². The molecule has 1 unspecified atom stereocenters. The average Bonchev–Trinajstić information content (AvgIpc) is 2.60. The summed E-state index contributed by atoms with van der Waals surface area (Å²) in [5.74, 6) is -0.623. The van der Waals surface area contributed by atoms with Gasteiger partial charge in [0.1, 0.15) is 0 Å². The molecule has 0 bridgehead atoms. The third-order valence-corrected chi connectivity index (χ3v) is 6.30. The first-order valence-corrected chi connectivity index (χ1v) is 10.6. The van der Waals surface area contributed by atoms with E-state index < -0.39 is 10.0 Å². The zero-order valence-corrected chi connectivity index (χ0v) is 15.8. The van der Waals surface area contributed by atoms with Gasteiger partial charge < -0.3 is 5.32 Å². The highest BCUT2D eigenvalue weighted by Gasteiger charge is 2.30. The molecule has 2 heterocycles. The van der Waals surface area contributed by atoms with Crippen LogP contribution in [0.2, 0.25) is 0 Å². The summed E-state index contributed by atoms with van der Waals surface area (Å²) in [6.07, 6.45) is 10.0. The molecule has 140 valence electrons. The molecule has 1 fully saturated rings. The number of fused-ring (bicyclic) bond motifs is 1. The van der Waals surface area contributed by atoms with Gasteiger partial charge in [-0.15, -0.1) is 0 Å². The number of hydrogen-bond acceptors (Lipinski definition) is 4. The summed E-state index contributed by atoms with van der Waals surface area (Å²) in [6, 6.07) is 0. The molecule has 1 aliphatic carbocycles. The number of nitrogens with zero attached hydrogens (tertiary/aromatic N) is 2. The van der Waals surface area contributed by atoms with E-state index in [4.69, 9.17) is 0 Å². The number of nitrogens with one attached hydrogen (secondary N) is 1. The summed E-state index contributed by atoms with van der Waals surface area (Å²) in [7, 11) is -3.21. The van der Waals surface area contributed by atoms with Gasteiger partial charge in [0, 0.05) is 36.7 Å². The number of sulfonamides is 1. The molecule has 0 spiro atoms. The van der Waals surface area contributed by atoms with E-state index in [1.165, 1.54) is 10.6 Å². The first kappa shape index (κ1) is 18.7. The second kappa shape index (κ2) is 7.28. The summed E-state index contributed by atoms with van der Waals surface area (Å²) in [5, 5.41) is 2.82. The first-order valence-electron chi connectivity index (χ1n) is 8.77. The normalized spacial score (nSPS) is 26.2. The molecule has 3 aliphatic rings. The van der Waals surface area contributed by atoms with E-state index in [1.807, 2.05) is 13.0 Å². The lowest BCUT2D eigenvalue weighted by Crippen LogP contribution is -2.39. The summed E-state index contributed by atoms with van der Waals surface area (Å²) in [4.78, 5) is 28.4. The predicted molar refractivity (Wildman–Crippen MR) is 98.8 cm³/mol. The van der Waals surface area contributed by atoms with Crippen LogP contribution in [-0.2, 0) is 19.6 Å². The molecule has 0 aromatic rings. The van der Waals surface area contributed by atoms with Gasteiger partial charge in [-0.25, -0.2) is 17.7 Å². The van der Waals surface area contributed by atoms with Crippen molar-refractivity contribution in [1.29, 1.82) is 0 Å². The van der Waals surface area contributed by atoms with Crippen LogP contribution >= 0.6 is 0 Å². The van der Waals surface area contributed by atoms with Gasteiger partial charge in [0.25, 0.3) is 0 Å². The maximum Gasteiger partial charge on any atom is 0.249 e. The predicted octanol–water partition coefficient (Wildman–Crippen LogP) is 1.16. The highest BCUT2D eigenvalue weighted by Crippen LogP contribution is 2.29. The number of carbonyl (C=O) groups is 2. The Labute approximate surface area is 153 Å². The Bertz CT molecular complexity index is 844. The van der Waals surface area contributed by atoms with Gasteiger partial charge in [-0.1, -0.05) is 18.6 Å². The van der Waals surface area contributed by atoms with Gasteiger partial charge >= 0.3 is 0 Å². The summed E-state index contributed by atoms with van der Waals surface area (Å²) >= 11 is 0. The monoisotopic (exact) mass is 377 g/mol. The van der Waals surface area contributed by atoms with E-state index >= 15 is 0 Å². The molecule has 7 nitrogen and oxygen atoms in total. The third-order valence-electron chi connectivity index (χ3n) is 5.00. The number of piperidine rings is 1. The largest absolute Gasteiger partial charge is 0.325 e. The molecule has 0 aromatic carbocycles.